The Morgan fingerprint density at radius 3 is 2.75 bits per heavy atom. The average molecular weight is 230 g/mol. The zero-order chi connectivity index (χ0) is 12.3. The van der Waals surface area contributed by atoms with Crippen molar-refractivity contribution in [1.82, 2.24) is 4.90 Å². The molecule has 5 heteroatoms. The standard InChI is InChI=1S/C11H22N2O3/c1-11(2,3)16-10(15)13-6-4-5-8(13)9(14)7-12/h8-9,14H,4-7,12H2,1-3H3/t8-,9+/m1/s1. The predicted molar refractivity (Wildman–Crippen MR) is 61.0 cm³/mol. The number of rotatable bonds is 2. The van der Waals surface area contributed by atoms with Gasteiger partial charge in [-0.05, 0) is 33.6 Å². The summed E-state index contributed by atoms with van der Waals surface area (Å²) in [5.41, 5.74) is 4.91. The van der Waals surface area contributed by atoms with Gasteiger partial charge in [-0.15, -0.1) is 0 Å². The summed E-state index contributed by atoms with van der Waals surface area (Å²) in [4.78, 5) is 13.4. The third-order valence-electron chi connectivity index (χ3n) is 2.61. The maximum atomic E-state index is 11.8. The highest BCUT2D eigenvalue weighted by molar-refractivity contribution is 5.69. The molecule has 0 radical (unpaired) electrons. The molecule has 3 N–H and O–H groups in total. The highest BCUT2D eigenvalue weighted by atomic mass is 16.6. The highest BCUT2D eigenvalue weighted by Gasteiger charge is 2.35. The molecule has 94 valence electrons. The molecule has 0 unspecified atom stereocenters. The lowest BCUT2D eigenvalue weighted by atomic mass is 10.1. The summed E-state index contributed by atoms with van der Waals surface area (Å²) in [7, 11) is 0. The van der Waals surface area contributed by atoms with Gasteiger partial charge in [0.25, 0.3) is 0 Å². The molecule has 16 heavy (non-hydrogen) atoms. The Kier molecular flexibility index (Phi) is 4.15. The molecule has 1 amide bonds. The molecule has 2 atom stereocenters. The third-order valence-corrected chi connectivity index (χ3v) is 2.61. The van der Waals surface area contributed by atoms with Crippen molar-refractivity contribution in [3.8, 4) is 0 Å². The number of hydrogen-bond acceptors (Lipinski definition) is 4. The first kappa shape index (κ1) is 13.3. The van der Waals surface area contributed by atoms with Gasteiger partial charge in [0.05, 0.1) is 12.1 Å². The van der Waals surface area contributed by atoms with Crippen molar-refractivity contribution >= 4 is 6.09 Å². The maximum Gasteiger partial charge on any atom is 0.410 e. The Morgan fingerprint density at radius 1 is 1.62 bits per heavy atom. The minimum absolute atomic E-state index is 0.171. The van der Waals surface area contributed by atoms with Crippen molar-refractivity contribution in [2.24, 2.45) is 5.73 Å². The minimum atomic E-state index is -0.657. The van der Waals surface area contributed by atoms with Gasteiger partial charge < -0.3 is 20.5 Å². The molecule has 1 aliphatic rings. The van der Waals surface area contributed by atoms with E-state index in [1.807, 2.05) is 20.8 Å². The van der Waals surface area contributed by atoms with E-state index in [0.717, 1.165) is 12.8 Å². The van der Waals surface area contributed by atoms with E-state index in [4.69, 9.17) is 10.5 Å². The second kappa shape index (κ2) is 5.01. The van der Waals surface area contributed by atoms with Gasteiger partial charge in [0.15, 0.2) is 0 Å². The second-order valence-electron chi connectivity index (χ2n) is 5.19. The molecule has 5 nitrogen and oxygen atoms in total. The van der Waals surface area contributed by atoms with E-state index in [1.54, 1.807) is 4.90 Å². The van der Waals surface area contributed by atoms with Gasteiger partial charge in [0.1, 0.15) is 5.60 Å². The molecule has 1 fully saturated rings. The van der Waals surface area contributed by atoms with Crippen LogP contribution in [0.15, 0.2) is 0 Å². The number of carbonyl (C=O) groups is 1. The Bertz CT molecular complexity index is 250. The molecule has 1 saturated heterocycles. The zero-order valence-electron chi connectivity index (χ0n) is 10.3. The van der Waals surface area contributed by atoms with Gasteiger partial charge >= 0.3 is 6.09 Å². The van der Waals surface area contributed by atoms with Gasteiger partial charge in [-0.1, -0.05) is 0 Å². The fourth-order valence-corrected chi connectivity index (χ4v) is 1.90. The molecule has 1 rings (SSSR count). The molecule has 0 saturated carbocycles. The summed E-state index contributed by atoms with van der Waals surface area (Å²) >= 11 is 0. The Labute approximate surface area is 96.6 Å². The Balaban J connectivity index is 2.61. The van der Waals surface area contributed by atoms with Gasteiger partial charge in [-0.2, -0.15) is 0 Å². The second-order valence-corrected chi connectivity index (χ2v) is 5.19. The van der Waals surface area contributed by atoms with Crippen LogP contribution in [0.3, 0.4) is 0 Å². The maximum absolute atomic E-state index is 11.8. The van der Waals surface area contributed by atoms with E-state index in [9.17, 15) is 9.90 Å². The summed E-state index contributed by atoms with van der Waals surface area (Å²) < 4.78 is 5.28. The summed E-state index contributed by atoms with van der Waals surface area (Å²) in [6.45, 7) is 6.29. The smallest absolute Gasteiger partial charge is 0.410 e. The number of ether oxygens (including phenoxy) is 1. The predicted octanol–water partition coefficient (Wildman–Crippen LogP) is 0.706. The molecule has 0 bridgehead atoms. The van der Waals surface area contributed by atoms with Crippen LogP contribution in [0.4, 0.5) is 4.79 Å². The van der Waals surface area contributed by atoms with E-state index in [0.29, 0.717) is 6.54 Å². The molecule has 0 aromatic carbocycles. The molecule has 0 aliphatic carbocycles. The summed E-state index contributed by atoms with van der Waals surface area (Å²) in [6.07, 6.45) is 0.663. The minimum Gasteiger partial charge on any atom is -0.444 e. The number of carbonyl (C=O) groups excluding carboxylic acids is 1. The van der Waals surface area contributed by atoms with Crippen molar-refractivity contribution in [2.75, 3.05) is 13.1 Å². The first-order valence-corrected chi connectivity index (χ1v) is 5.73. The largest absolute Gasteiger partial charge is 0.444 e. The first-order chi connectivity index (χ1) is 7.35. The molecule has 1 heterocycles. The molecule has 0 spiro atoms. The molecule has 1 aliphatic heterocycles. The first-order valence-electron chi connectivity index (χ1n) is 5.73. The number of amides is 1. The van der Waals surface area contributed by atoms with Gasteiger partial charge in [-0.3, -0.25) is 0 Å². The zero-order valence-corrected chi connectivity index (χ0v) is 10.3. The van der Waals surface area contributed by atoms with Crippen LogP contribution in [-0.4, -0.2) is 46.9 Å². The number of nitrogens with two attached hydrogens (primary N) is 1. The lowest BCUT2D eigenvalue weighted by Crippen LogP contribution is -2.47. The highest BCUT2D eigenvalue weighted by Crippen LogP contribution is 2.22. The van der Waals surface area contributed by atoms with Crippen LogP contribution in [0, 0.1) is 0 Å². The van der Waals surface area contributed by atoms with Crippen molar-refractivity contribution < 1.29 is 14.6 Å². The van der Waals surface area contributed by atoms with E-state index in [2.05, 4.69) is 0 Å². The monoisotopic (exact) mass is 230 g/mol. The number of hydrogen-bond donors (Lipinski definition) is 2. The van der Waals surface area contributed by atoms with E-state index >= 15 is 0 Å². The van der Waals surface area contributed by atoms with E-state index < -0.39 is 11.7 Å². The fraction of sp³-hybridized carbons (Fsp3) is 0.909. The molecule has 0 aromatic rings. The van der Waals surface area contributed by atoms with Crippen LogP contribution in [0.1, 0.15) is 33.6 Å². The van der Waals surface area contributed by atoms with Crippen molar-refractivity contribution in [3.05, 3.63) is 0 Å². The normalized spacial score (nSPS) is 23.3. The molecule has 0 aromatic heterocycles. The van der Waals surface area contributed by atoms with E-state index in [1.165, 1.54) is 0 Å². The molecular weight excluding hydrogens is 208 g/mol. The van der Waals surface area contributed by atoms with Crippen LogP contribution in [-0.2, 0) is 4.74 Å². The quantitative estimate of drug-likeness (QED) is 0.732. The van der Waals surface area contributed by atoms with Crippen LogP contribution < -0.4 is 5.73 Å². The Hall–Kier alpha value is -0.810. The third kappa shape index (κ3) is 3.35. The summed E-state index contributed by atoms with van der Waals surface area (Å²) in [5.74, 6) is 0. The lowest BCUT2D eigenvalue weighted by Gasteiger charge is -2.30. The van der Waals surface area contributed by atoms with Crippen molar-refractivity contribution in [1.29, 1.82) is 0 Å². The lowest BCUT2D eigenvalue weighted by molar-refractivity contribution is 0.00671. The van der Waals surface area contributed by atoms with Gasteiger partial charge in [-0.25, -0.2) is 4.79 Å². The number of likely N-dealkylation sites (tertiary alicyclic amines) is 1. The van der Waals surface area contributed by atoms with Crippen LogP contribution in [0.25, 0.3) is 0 Å². The van der Waals surface area contributed by atoms with Crippen molar-refractivity contribution in [2.45, 2.75) is 51.4 Å². The van der Waals surface area contributed by atoms with Crippen LogP contribution in [0.2, 0.25) is 0 Å². The van der Waals surface area contributed by atoms with E-state index in [-0.39, 0.29) is 18.7 Å². The Morgan fingerprint density at radius 2 is 2.25 bits per heavy atom. The number of aliphatic hydroxyl groups excluding tert-OH is 1. The average Bonchev–Trinajstić information content (AvgIpc) is 2.62. The number of aliphatic hydroxyl groups is 1. The van der Waals surface area contributed by atoms with Gasteiger partial charge in [0, 0.05) is 13.1 Å². The fourth-order valence-electron chi connectivity index (χ4n) is 1.90. The van der Waals surface area contributed by atoms with Crippen LogP contribution in [0.5, 0.6) is 0 Å². The topological polar surface area (TPSA) is 75.8 Å². The SMILES string of the molecule is CC(C)(C)OC(=O)N1CCC[C@@H]1[C@@H](O)CN. The van der Waals surface area contributed by atoms with Crippen LogP contribution >= 0.6 is 0 Å². The molecular formula is C11H22N2O3. The number of nitrogens with zero attached hydrogens (tertiary/aromatic N) is 1. The van der Waals surface area contributed by atoms with Gasteiger partial charge in [0.2, 0.25) is 0 Å². The van der Waals surface area contributed by atoms with Crippen molar-refractivity contribution in [3.63, 3.8) is 0 Å². The summed E-state index contributed by atoms with van der Waals surface area (Å²) in [5, 5.41) is 9.70. The summed E-state index contributed by atoms with van der Waals surface area (Å²) in [6, 6.07) is -0.195.